The van der Waals surface area contributed by atoms with Gasteiger partial charge in [-0.25, -0.2) is 4.99 Å². The SMILES string of the molecule is N=C(/N=C(\N)c1ccccc1)c1c(Cl)ccc2c1sc1ccccc12. The first-order chi connectivity index (χ1) is 12.1. The number of nitrogens with zero attached hydrogens (tertiary/aromatic N) is 1. The van der Waals surface area contributed by atoms with Gasteiger partial charge in [-0.1, -0.05) is 66.2 Å². The number of hydrogen-bond acceptors (Lipinski definition) is 2. The lowest BCUT2D eigenvalue weighted by molar-refractivity contribution is 1.41. The molecule has 122 valence electrons. The van der Waals surface area contributed by atoms with Crippen molar-refractivity contribution >= 4 is 54.8 Å². The van der Waals surface area contributed by atoms with Crippen LogP contribution in [0.2, 0.25) is 5.02 Å². The normalized spacial score (nSPS) is 12.0. The van der Waals surface area contributed by atoms with Gasteiger partial charge in [-0.3, -0.25) is 5.41 Å². The van der Waals surface area contributed by atoms with Crippen molar-refractivity contribution in [3.8, 4) is 0 Å². The van der Waals surface area contributed by atoms with Gasteiger partial charge in [0.15, 0.2) is 5.84 Å². The summed E-state index contributed by atoms with van der Waals surface area (Å²) in [5, 5.41) is 11.2. The lowest BCUT2D eigenvalue weighted by Gasteiger charge is -2.06. The molecule has 25 heavy (non-hydrogen) atoms. The van der Waals surface area contributed by atoms with Crippen molar-refractivity contribution in [1.82, 2.24) is 0 Å². The van der Waals surface area contributed by atoms with Crippen molar-refractivity contribution in [1.29, 1.82) is 5.41 Å². The number of amidine groups is 2. The minimum Gasteiger partial charge on any atom is -0.383 e. The average Bonchev–Trinajstić information content (AvgIpc) is 3.00. The van der Waals surface area contributed by atoms with Gasteiger partial charge in [0.2, 0.25) is 0 Å². The fourth-order valence-electron chi connectivity index (χ4n) is 2.84. The van der Waals surface area contributed by atoms with E-state index >= 15 is 0 Å². The molecule has 0 aliphatic rings. The van der Waals surface area contributed by atoms with E-state index in [-0.39, 0.29) is 5.84 Å². The molecule has 0 unspecified atom stereocenters. The third-order valence-electron chi connectivity index (χ3n) is 4.03. The smallest absolute Gasteiger partial charge is 0.157 e. The van der Waals surface area contributed by atoms with Gasteiger partial charge in [0.25, 0.3) is 0 Å². The lowest BCUT2D eigenvalue weighted by Crippen LogP contribution is -2.16. The second-order valence-electron chi connectivity index (χ2n) is 5.61. The van der Waals surface area contributed by atoms with E-state index in [9.17, 15) is 0 Å². The Hall–Kier alpha value is -2.69. The molecule has 0 fully saturated rings. The molecule has 0 saturated carbocycles. The number of rotatable bonds is 2. The predicted octanol–water partition coefficient (Wildman–Crippen LogP) is 5.44. The second kappa shape index (κ2) is 6.31. The van der Waals surface area contributed by atoms with Crippen LogP contribution in [0, 0.1) is 5.41 Å². The van der Waals surface area contributed by atoms with Gasteiger partial charge in [-0.2, -0.15) is 0 Å². The van der Waals surface area contributed by atoms with Crippen LogP contribution in [0.15, 0.2) is 71.7 Å². The van der Waals surface area contributed by atoms with Crippen molar-refractivity contribution in [2.24, 2.45) is 10.7 Å². The van der Waals surface area contributed by atoms with Gasteiger partial charge in [-0.15, -0.1) is 11.3 Å². The van der Waals surface area contributed by atoms with Gasteiger partial charge < -0.3 is 5.73 Å². The fraction of sp³-hybridized carbons (Fsp3) is 0. The van der Waals surface area contributed by atoms with E-state index < -0.39 is 0 Å². The summed E-state index contributed by atoms with van der Waals surface area (Å²) in [5.74, 6) is 0.378. The average molecular weight is 364 g/mol. The van der Waals surface area contributed by atoms with Gasteiger partial charge in [0.1, 0.15) is 5.84 Å². The Morgan fingerprint density at radius 3 is 2.44 bits per heavy atom. The number of nitrogens with two attached hydrogens (primary N) is 1. The third kappa shape index (κ3) is 2.80. The Morgan fingerprint density at radius 2 is 1.64 bits per heavy atom. The topological polar surface area (TPSA) is 62.2 Å². The Morgan fingerprint density at radius 1 is 0.920 bits per heavy atom. The summed E-state index contributed by atoms with van der Waals surface area (Å²) in [5.41, 5.74) is 7.48. The standard InChI is InChI=1S/C20H14ClN3S/c21-15-11-10-14-13-8-4-5-9-16(13)25-18(14)17(15)20(23)24-19(22)12-6-2-1-3-7-12/h1-11H,(H3,22,23,24). The van der Waals surface area contributed by atoms with Crippen LogP contribution >= 0.6 is 22.9 Å². The van der Waals surface area contributed by atoms with E-state index in [1.165, 1.54) is 0 Å². The molecule has 0 spiro atoms. The van der Waals surface area contributed by atoms with Gasteiger partial charge in [0, 0.05) is 25.7 Å². The molecular weight excluding hydrogens is 350 g/mol. The third-order valence-corrected chi connectivity index (χ3v) is 5.55. The molecule has 0 aliphatic carbocycles. The molecule has 0 bridgehead atoms. The number of nitrogens with one attached hydrogen (secondary N) is 1. The monoisotopic (exact) mass is 363 g/mol. The fourth-order valence-corrected chi connectivity index (χ4v) is 4.39. The highest BCUT2D eigenvalue weighted by atomic mass is 35.5. The zero-order valence-electron chi connectivity index (χ0n) is 13.2. The van der Waals surface area contributed by atoms with Crippen LogP contribution in [-0.2, 0) is 0 Å². The minimum absolute atomic E-state index is 0.0727. The minimum atomic E-state index is 0.0727. The summed E-state index contributed by atoms with van der Waals surface area (Å²) in [6.45, 7) is 0. The highest BCUT2D eigenvalue weighted by molar-refractivity contribution is 7.26. The lowest BCUT2D eigenvalue weighted by atomic mass is 10.1. The van der Waals surface area contributed by atoms with Crippen LogP contribution in [0.5, 0.6) is 0 Å². The van der Waals surface area contributed by atoms with Crippen LogP contribution in [0.4, 0.5) is 0 Å². The van der Waals surface area contributed by atoms with Gasteiger partial charge in [-0.05, 0) is 12.1 Å². The highest BCUT2D eigenvalue weighted by Crippen LogP contribution is 2.38. The molecule has 0 amide bonds. The second-order valence-corrected chi connectivity index (χ2v) is 7.07. The van der Waals surface area contributed by atoms with E-state index in [1.54, 1.807) is 11.3 Å². The molecule has 0 aliphatic heterocycles. The molecule has 3 N–H and O–H groups in total. The molecule has 5 heteroatoms. The molecule has 3 nitrogen and oxygen atoms in total. The van der Waals surface area contributed by atoms with E-state index in [4.69, 9.17) is 22.7 Å². The first-order valence-electron chi connectivity index (χ1n) is 7.73. The van der Waals surface area contributed by atoms with Gasteiger partial charge in [0.05, 0.1) is 10.6 Å². The molecule has 1 heterocycles. The van der Waals surface area contributed by atoms with Crippen LogP contribution in [0.3, 0.4) is 0 Å². The predicted molar refractivity (Wildman–Crippen MR) is 108 cm³/mol. The van der Waals surface area contributed by atoms with E-state index in [1.807, 2.05) is 54.6 Å². The summed E-state index contributed by atoms with van der Waals surface area (Å²) < 4.78 is 2.12. The van der Waals surface area contributed by atoms with Crippen LogP contribution in [-0.4, -0.2) is 11.7 Å². The van der Waals surface area contributed by atoms with Crippen molar-refractivity contribution in [3.05, 3.63) is 82.9 Å². The van der Waals surface area contributed by atoms with Crippen molar-refractivity contribution in [2.75, 3.05) is 0 Å². The van der Waals surface area contributed by atoms with Crippen molar-refractivity contribution in [2.45, 2.75) is 0 Å². The maximum absolute atomic E-state index is 8.46. The zero-order valence-corrected chi connectivity index (χ0v) is 14.7. The Balaban J connectivity index is 1.88. The van der Waals surface area contributed by atoms with Crippen LogP contribution in [0.1, 0.15) is 11.1 Å². The maximum atomic E-state index is 8.46. The summed E-state index contributed by atoms with van der Waals surface area (Å²) >= 11 is 8.03. The van der Waals surface area contributed by atoms with Crippen molar-refractivity contribution < 1.29 is 0 Å². The Labute approximate surface area is 153 Å². The number of fused-ring (bicyclic) bond motifs is 3. The van der Waals surface area contributed by atoms with E-state index in [0.717, 1.165) is 25.7 Å². The van der Waals surface area contributed by atoms with E-state index in [2.05, 4.69) is 17.1 Å². The molecule has 0 saturated heterocycles. The number of aliphatic imine (C=N–C) groups is 1. The Kier molecular flexibility index (Phi) is 3.99. The molecule has 0 radical (unpaired) electrons. The van der Waals surface area contributed by atoms with Crippen LogP contribution in [0.25, 0.3) is 20.2 Å². The molecular formula is C20H14ClN3S. The van der Waals surface area contributed by atoms with Crippen LogP contribution < -0.4 is 5.73 Å². The number of hydrogen-bond donors (Lipinski definition) is 2. The summed E-state index contributed by atoms with van der Waals surface area (Å²) in [4.78, 5) is 4.30. The van der Waals surface area contributed by atoms with Crippen molar-refractivity contribution in [3.63, 3.8) is 0 Å². The summed E-state index contributed by atoms with van der Waals surface area (Å²) in [6.07, 6.45) is 0. The molecule has 0 atom stereocenters. The maximum Gasteiger partial charge on any atom is 0.157 e. The van der Waals surface area contributed by atoms with E-state index in [0.29, 0.717) is 16.4 Å². The molecule has 4 aromatic rings. The largest absolute Gasteiger partial charge is 0.383 e. The zero-order chi connectivity index (χ0) is 17.4. The van der Waals surface area contributed by atoms with Gasteiger partial charge >= 0.3 is 0 Å². The summed E-state index contributed by atoms with van der Waals surface area (Å²) in [6, 6.07) is 21.4. The molecule has 3 aromatic carbocycles. The highest BCUT2D eigenvalue weighted by Gasteiger charge is 2.16. The number of halogens is 1. The quantitative estimate of drug-likeness (QED) is 0.361. The molecule has 1 aromatic heterocycles. The Bertz CT molecular complexity index is 1130. The molecule has 4 rings (SSSR count). The first kappa shape index (κ1) is 15.8. The first-order valence-corrected chi connectivity index (χ1v) is 8.93. The summed E-state index contributed by atoms with van der Waals surface area (Å²) in [7, 11) is 0. The number of thiophene rings is 1. The number of benzene rings is 3.